The van der Waals surface area contributed by atoms with Crippen molar-refractivity contribution in [1.29, 1.82) is 0 Å². The number of aromatic amines is 1. The van der Waals surface area contributed by atoms with Crippen LogP contribution in [0.4, 0.5) is 0 Å². The highest BCUT2D eigenvalue weighted by atomic mass is 28.4. The van der Waals surface area contributed by atoms with E-state index in [4.69, 9.17) is 9.16 Å². The fraction of sp³-hybridized carbons (Fsp3) is 0.737. The number of carbonyl (C=O) groups is 2. The Balaban J connectivity index is 1.83. The minimum absolute atomic E-state index is 0.0495. The number of nitrogens with one attached hydrogen (secondary N) is 2. The van der Waals surface area contributed by atoms with Gasteiger partial charge < -0.3 is 19.5 Å². The molecule has 0 radical (unpaired) electrons. The SMILES string of the molecule is CCOC(=O)c1ncc(C(=O)NC2CCC(O[Si](C)(C)C(C)(C)C)CC2)[nH]1. The van der Waals surface area contributed by atoms with Crippen molar-refractivity contribution in [2.75, 3.05) is 6.61 Å². The zero-order valence-corrected chi connectivity index (χ0v) is 18.3. The van der Waals surface area contributed by atoms with Gasteiger partial charge in [0.05, 0.1) is 12.8 Å². The number of imidazole rings is 1. The molecule has 1 aliphatic carbocycles. The van der Waals surface area contributed by atoms with E-state index in [1.54, 1.807) is 6.92 Å². The van der Waals surface area contributed by atoms with Crippen molar-refractivity contribution in [3.05, 3.63) is 17.7 Å². The number of hydrogen-bond donors (Lipinski definition) is 2. The molecule has 8 heteroatoms. The number of rotatable bonds is 6. The van der Waals surface area contributed by atoms with Gasteiger partial charge in [-0.25, -0.2) is 9.78 Å². The van der Waals surface area contributed by atoms with E-state index in [1.165, 1.54) is 6.20 Å². The van der Waals surface area contributed by atoms with Crippen molar-refractivity contribution in [2.24, 2.45) is 0 Å². The molecule has 7 nitrogen and oxygen atoms in total. The van der Waals surface area contributed by atoms with Crippen LogP contribution in [0.5, 0.6) is 0 Å². The summed E-state index contributed by atoms with van der Waals surface area (Å²) >= 11 is 0. The summed E-state index contributed by atoms with van der Waals surface area (Å²) in [7, 11) is -1.76. The number of ether oxygens (including phenoxy) is 1. The van der Waals surface area contributed by atoms with Gasteiger partial charge in [-0.3, -0.25) is 4.79 Å². The molecule has 0 spiro atoms. The van der Waals surface area contributed by atoms with Crippen LogP contribution in [0.15, 0.2) is 6.20 Å². The van der Waals surface area contributed by atoms with Gasteiger partial charge in [-0.05, 0) is 50.7 Å². The van der Waals surface area contributed by atoms with Crippen LogP contribution in [0.3, 0.4) is 0 Å². The van der Waals surface area contributed by atoms with E-state index in [2.05, 4.69) is 49.1 Å². The van der Waals surface area contributed by atoms with Crippen LogP contribution in [0.2, 0.25) is 18.1 Å². The molecule has 0 aliphatic heterocycles. The molecule has 1 fully saturated rings. The largest absolute Gasteiger partial charge is 0.460 e. The van der Waals surface area contributed by atoms with E-state index in [-0.39, 0.29) is 41.2 Å². The smallest absolute Gasteiger partial charge is 0.374 e. The highest BCUT2D eigenvalue weighted by molar-refractivity contribution is 6.74. The van der Waals surface area contributed by atoms with Crippen molar-refractivity contribution in [3.63, 3.8) is 0 Å². The zero-order chi connectivity index (χ0) is 20.2. The second kappa shape index (κ2) is 8.56. The summed E-state index contributed by atoms with van der Waals surface area (Å²) in [6, 6.07) is 0.117. The summed E-state index contributed by atoms with van der Waals surface area (Å²) in [5.41, 5.74) is 0.276. The van der Waals surface area contributed by atoms with E-state index in [1.807, 2.05) is 0 Å². The molecule has 1 saturated carbocycles. The van der Waals surface area contributed by atoms with E-state index < -0.39 is 14.3 Å². The van der Waals surface area contributed by atoms with Crippen LogP contribution in [0, 0.1) is 0 Å². The highest BCUT2D eigenvalue weighted by Crippen LogP contribution is 2.39. The Morgan fingerprint density at radius 1 is 1.26 bits per heavy atom. The molecule has 1 aliphatic rings. The number of H-pyrrole nitrogens is 1. The van der Waals surface area contributed by atoms with Crippen LogP contribution in [0.25, 0.3) is 0 Å². The van der Waals surface area contributed by atoms with Crippen LogP contribution < -0.4 is 5.32 Å². The number of nitrogens with zero attached hydrogens (tertiary/aromatic N) is 1. The normalized spacial score (nSPS) is 21.0. The standard InChI is InChI=1S/C19H33N3O4Si/c1-7-25-18(24)16-20-12-15(22-16)17(23)21-13-8-10-14(11-9-13)26-27(5,6)19(2,3)4/h12-14H,7-11H2,1-6H3,(H,20,22)(H,21,23). The molecule has 0 saturated heterocycles. The summed E-state index contributed by atoms with van der Waals surface area (Å²) in [6.07, 6.45) is 5.34. The number of aromatic nitrogens is 2. The monoisotopic (exact) mass is 395 g/mol. The van der Waals surface area contributed by atoms with Crippen LogP contribution >= 0.6 is 0 Å². The molecule has 1 aromatic heterocycles. The number of hydrogen-bond acceptors (Lipinski definition) is 5. The Hall–Kier alpha value is -1.67. The summed E-state index contributed by atoms with van der Waals surface area (Å²) in [5.74, 6) is -0.750. The predicted octanol–water partition coefficient (Wildman–Crippen LogP) is 3.65. The maximum atomic E-state index is 12.4. The van der Waals surface area contributed by atoms with Crippen LogP contribution in [-0.4, -0.2) is 48.9 Å². The van der Waals surface area contributed by atoms with Crippen molar-refractivity contribution >= 4 is 20.2 Å². The molecule has 27 heavy (non-hydrogen) atoms. The molecule has 0 unspecified atom stereocenters. The van der Waals surface area contributed by atoms with E-state index in [9.17, 15) is 9.59 Å². The van der Waals surface area contributed by atoms with Gasteiger partial charge >= 0.3 is 5.97 Å². The lowest BCUT2D eigenvalue weighted by Gasteiger charge is -2.41. The average Bonchev–Trinajstić information content (AvgIpc) is 3.06. The second-order valence-corrected chi connectivity index (χ2v) is 13.4. The van der Waals surface area contributed by atoms with Gasteiger partial charge in [0, 0.05) is 12.1 Å². The van der Waals surface area contributed by atoms with Crippen LogP contribution in [0.1, 0.15) is 74.5 Å². The number of esters is 1. The molecule has 0 atom stereocenters. The summed E-state index contributed by atoms with van der Waals surface area (Å²) in [4.78, 5) is 30.7. The second-order valence-electron chi connectivity index (χ2n) is 8.69. The van der Waals surface area contributed by atoms with E-state index >= 15 is 0 Å². The summed E-state index contributed by atoms with van der Waals surface area (Å²) in [5, 5.41) is 3.23. The molecular weight excluding hydrogens is 362 g/mol. The number of carbonyl (C=O) groups excluding carboxylic acids is 2. The Kier molecular flexibility index (Phi) is 6.86. The van der Waals surface area contributed by atoms with E-state index in [0.717, 1.165) is 25.7 Å². The van der Waals surface area contributed by atoms with Crippen molar-refractivity contribution in [1.82, 2.24) is 15.3 Å². The maximum Gasteiger partial charge on any atom is 0.374 e. The minimum atomic E-state index is -1.76. The first-order valence-electron chi connectivity index (χ1n) is 9.74. The molecule has 1 amide bonds. The lowest BCUT2D eigenvalue weighted by Crippen LogP contribution is -2.46. The lowest BCUT2D eigenvalue weighted by atomic mass is 9.93. The van der Waals surface area contributed by atoms with Gasteiger partial charge in [0.1, 0.15) is 5.69 Å². The van der Waals surface area contributed by atoms with Crippen molar-refractivity contribution < 1.29 is 18.8 Å². The Labute approximate surface area is 162 Å². The summed E-state index contributed by atoms with van der Waals surface area (Å²) < 4.78 is 11.4. The molecule has 2 N–H and O–H groups in total. The number of amides is 1. The van der Waals surface area contributed by atoms with Gasteiger partial charge in [-0.1, -0.05) is 20.8 Å². The van der Waals surface area contributed by atoms with E-state index in [0.29, 0.717) is 0 Å². The van der Waals surface area contributed by atoms with Crippen molar-refractivity contribution in [3.8, 4) is 0 Å². The quantitative estimate of drug-likeness (QED) is 0.566. The maximum absolute atomic E-state index is 12.4. The predicted molar refractivity (Wildman–Crippen MR) is 106 cm³/mol. The first-order valence-corrected chi connectivity index (χ1v) is 12.6. The molecular formula is C19H33N3O4Si. The fourth-order valence-electron chi connectivity index (χ4n) is 2.92. The minimum Gasteiger partial charge on any atom is -0.460 e. The molecule has 0 bridgehead atoms. The van der Waals surface area contributed by atoms with Gasteiger partial charge in [0.15, 0.2) is 8.32 Å². The van der Waals surface area contributed by atoms with Gasteiger partial charge in [-0.15, -0.1) is 0 Å². The van der Waals surface area contributed by atoms with Crippen molar-refractivity contribution in [2.45, 2.75) is 83.7 Å². The topological polar surface area (TPSA) is 93.3 Å². The third-order valence-electron chi connectivity index (χ3n) is 5.57. The molecule has 152 valence electrons. The summed E-state index contributed by atoms with van der Waals surface area (Å²) in [6.45, 7) is 13.3. The molecule has 1 heterocycles. The Bertz CT molecular complexity index is 658. The van der Waals surface area contributed by atoms with Gasteiger partial charge in [0.2, 0.25) is 5.82 Å². The van der Waals surface area contributed by atoms with Crippen LogP contribution in [-0.2, 0) is 9.16 Å². The first kappa shape index (κ1) is 21.6. The molecule has 2 rings (SSSR count). The lowest BCUT2D eigenvalue weighted by molar-refractivity contribution is 0.0513. The molecule has 1 aromatic rings. The third-order valence-corrected chi connectivity index (χ3v) is 10.1. The fourth-order valence-corrected chi connectivity index (χ4v) is 4.34. The van der Waals surface area contributed by atoms with Gasteiger partial charge in [0.25, 0.3) is 5.91 Å². The first-order chi connectivity index (χ1) is 12.5. The Morgan fingerprint density at radius 2 is 1.89 bits per heavy atom. The third kappa shape index (κ3) is 5.65. The average molecular weight is 396 g/mol. The Morgan fingerprint density at radius 3 is 2.44 bits per heavy atom. The van der Waals surface area contributed by atoms with Gasteiger partial charge in [-0.2, -0.15) is 0 Å². The highest BCUT2D eigenvalue weighted by Gasteiger charge is 2.39. The zero-order valence-electron chi connectivity index (χ0n) is 17.3. The molecule has 0 aromatic carbocycles.